The zero-order chi connectivity index (χ0) is 24.0. The molecule has 0 saturated heterocycles. The zero-order valence-electron chi connectivity index (χ0n) is 19.7. The minimum Gasteiger partial charge on any atom is -0.497 e. The topological polar surface area (TPSA) is 113 Å². The van der Waals surface area contributed by atoms with E-state index in [9.17, 15) is 14.7 Å². The lowest BCUT2D eigenvalue weighted by Gasteiger charge is -2.16. The third-order valence-corrected chi connectivity index (χ3v) is 5.56. The minimum atomic E-state index is -0.910. The molecule has 0 aliphatic heterocycles. The van der Waals surface area contributed by atoms with E-state index < -0.39 is 17.4 Å². The average Bonchev–Trinajstić information content (AvgIpc) is 3.18. The summed E-state index contributed by atoms with van der Waals surface area (Å²) in [6.45, 7) is 2.93. The van der Waals surface area contributed by atoms with Gasteiger partial charge in [0.1, 0.15) is 24.2 Å². The number of hydrogen-bond donors (Lipinski definition) is 2. The van der Waals surface area contributed by atoms with Crippen molar-refractivity contribution < 1.29 is 14.6 Å². The Labute approximate surface area is 192 Å². The first-order chi connectivity index (χ1) is 15.9. The van der Waals surface area contributed by atoms with Crippen molar-refractivity contribution in [3.05, 3.63) is 45.1 Å². The predicted molar refractivity (Wildman–Crippen MR) is 127 cm³/mol. The number of nitrogens with zero attached hydrogens (tertiary/aromatic N) is 4. The van der Waals surface area contributed by atoms with E-state index in [1.807, 2.05) is 0 Å². The number of nitrogens with one attached hydrogen (secondary N) is 1. The largest absolute Gasteiger partial charge is 0.497 e. The van der Waals surface area contributed by atoms with E-state index in [1.54, 1.807) is 43.0 Å². The van der Waals surface area contributed by atoms with Gasteiger partial charge in [-0.05, 0) is 30.7 Å². The van der Waals surface area contributed by atoms with Crippen molar-refractivity contribution >= 4 is 17.1 Å². The lowest BCUT2D eigenvalue weighted by molar-refractivity contribution is 0.0938. The summed E-state index contributed by atoms with van der Waals surface area (Å²) < 4.78 is 14.9. The standard InChI is InChI=1S/C23H33N5O5/c1-5-6-7-8-13-24-22-25-20-19(21(30)27(3)23(31)26(20)2)28(22)14-16(29)15-33-18-11-9-17(32-4)10-12-18/h9-12,16,29H,5-8,13-15H2,1-4H3,(H,24,25)/t16-/m1/s1. The fourth-order valence-corrected chi connectivity index (χ4v) is 3.64. The molecule has 0 unspecified atom stereocenters. The first-order valence-corrected chi connectivity index (χ1v) is 11.2. The van der Waals surface area contributed by atoms with Gasteiger partial charge in [0.25, 0.3) is 5.56 Å². The Kier molecular flexibility index (Phi) is 8.16. The van der Waals surface area contributed by atoms with Crippen LogP contribution in [0.25, 0.3) is 11.2 Å². The number of unbranched alkanes of at least 4 members (excludes halogenated alkanes) is 3. The van der Waals surface area contributed by atoms with Gasteiger partial charge in [-0.2, -0.15) is 4.98 Å². The van der Waals surface area contributed by atoms with Crippen LogP contribution in [0.4, 0.5) is 5.95 Å². The van der Waals surface area contributed by atoms with Gasteiger partial charge in [-0.15, -0.1) is 0 Å². The summed E-state index contributed by atoms with van der Waals surface area (Å²) in [6, 6.07) is 7.06. The molecule has 0 bridgehead atoms. The molecule has 0 radical (unpaired) electrons. The quantitative estimate of drug-likeness (QED) is 0.398. The summed E-state index contributed by atoms with van der Waals surface area (Å²) in [5.41, 5.74) is -0.362. The molecule has 0 amide bonds. The first-order valence-electron chi connectivity index (χ1n) is 11.2. The molecule has 33 heavy (non-hydrogen) atoms. The molecule has 2 aromatic heterocycles. The van der Waals surface area contributed by atoms with E-state index in [0.717, 1.165) is 30.3 Å². The molecular formula is C23H33N5O5. The van der Waals surface area contributed by atoms with Crippen LogP contribution in [0.2, 0.25) is 0 Å². The molecule has 0 aliphatic rings. The third-order valence-electron chi connectivity index (χ3n) is 5.56. The molecule has 1 aromatic carbocycles. The van der Waals surface area contributed by atoms with E-state index in [-0.39, 0.29) is 24.3 Å². The summed E-state index contributed by atoms with van der Waals surface area (Å²) in [5, 5.41) is 14.0. The minimum absolute atomic E-state index is 0.0218. The summed E-state index contributed by atoms with van der Waals surface area (Å²) in [6.07, 6.45) is 3.41. The fraction of sp³-hybridized carbons (Fsp3) is 0.522. The van der Waals surface area contributed by atoms with Crippen molar-refractivity contribution in [2.45, 2.75) is 45.3 Å². The van der Waals surface area contributed by atoms with Gasteiger partial charge in [-0.1, -0.05) is 26.2 Å². The van der Waals surface area contributed by atoms with Crippen molar-refractivity contribution in [1.82, 2.24) is 18.7 Å². The number of fused-ring (bicyclic) bond motifs is 1. The van der Waals surface area contributed by atoms with Crippen LogP contribution in [0.15, 0.2) is 33.9 Å². The number of aromatic nitrogens is 4. The van der Waals surface area contributed by atoms with Gasteiger partial charge in [-0.25, -0.2) is 4.79 Å². The summed E-state index contributed by atoms with van der Waals surface area (Å²) in [4.78, 5) is 29.8. The van der Waals surface area contributed by atoms with E-state index in [1.165, 1.54) is 11.6 Å². The molecule has 0 aliphatic carbocycles. The van der Waals surface area contributed by atoms with Gasteiger partial charge in [0, 0.05) is 20.6 Å². The maximum atomic E-state index is 12.9. The highest BCUT2D eigenvalue weighted by atomic mass is 16.5. The number of methoxy groups -OCH3 is 1. The van der Waals surface area contributed by atoms with Crippen molar-refractivity contribution in [1.29, 1.82) is 0 Å². The maximum Gasteiger partial charge on any atom is 0.332 e. The Bertz CT molecular complexity index is 1180. The second-order valence-corrected chi connectivity index (χ2v) is 8.05. The van der Waals surface area contributed by atoms with Crippen LogP contribution in [-0.4, -0.2) is 50.2 Å². The lowest BCUT2D eigenvalue weighted by atomic mass is 10.2. The van der Waals surface area contributed by atoms with Gasteiger partial charge in [0.2, 0.25) is 5.95 Å². The van der Waals surface area contributed by atoms with Gasteiger partial charge >= 0.3 is 5.69 Å². The van der Waals surface area contributed by atoms with Crippen LogP contribution in [0, 0.1) is 0 Å². The molecule has 180 valence electrons. The summed E-state index contributed by atoms with van der Waals surface area (Å²) in [5.74, 6) is 1.75. The Hall–Kier alpha value is -3.27. The number of hydrogen-bond acceptors (Lipinski definition) is 7. The second kappa shape index (κ2) is 11.0. The number of imidazole rings is 1. The van der Waals surface area contributed by atoms with Crippen molar-refractivity contribution in [2.24, 2.45) is 14.1 Å². The monoisotopic (exact) mass is 459 g/mol. The van der Waals surface area contributed by atoms with Crippen LogP contribution < -0.4 is 26.0 Å². The van der Waals surface area contributed by atoms with Crippen LogP contribution in [0.5, 0.6) is 11.5 Å². The van der Waals surface area contributed by atoms with Crippen LogP contribution in [-0.2, 0) is 20.6 Å². The average molecular weight is 460 g/mol. The number of rotatable bonds is 12. The highest BCUT2D eigenvalue weighted by Crippen LogP contribution is 2.19. The third kappa shape index (κ3) is 5.57. The molecule has 0 saturated carbocycles. The van der Waals surface area contributed by atoms with E-state index in [0.29, 0.717) is 24.0 Å². The van der Waals surface area contributed by atoms with E-state index in [2.05, 4.69) is 17.2 Å². The fourth-order valence-electron chi connectivity index (χ4n) is 3.64. The normalized spacial score (nSPS) is 12.2. The molecule has 3 aromatic rings. The Morgan fingerprint density at radius 2 is 1.76 bits per heavy atom. The smallest absolute Gasteiger partial charge is 0.332 e. The zero-order valence-corrected chi connectivity index (χ0v) is 19.7. The molecular weight excluding hydrogens is 426 g/mol. The Balaban J connectivity index is 1.83. The van der Waals surface area contributed by atoms with Gasteiger partial charge in [-0.3, -0.25) is 13.9 Å². The predicted octanol–water partition coefficient (Wildman–Crippen LogP) is 1.87. The molecule has 0 spiro atoms. The van der Waals surface area contributed by atoms with Crippen molar-refractivity contribution in [2.75, 3.05) is 25.6 Å². The molecule has 3 rings (SSSR count). The Morgan fingerprint density at radius 3 is 2.42 bits per heavy atom. The summed E-state index contributed by atoms with van der Waals surface area (Å²) >= 11 is 0. The maximum absolute atomic E-state index is 12.9. The number of aliphatic hydroxyl groups is 1. The van der Waals surface area contributed by atoms with Gasteiger partial charge in [0.15, 0.2) is 11.2 Å². The molecule has 0 fully saturated rings. The molecule has 2 N–H and O–H groups in total. The lowest BCUT2D eigenvalue weighted by Crippen LogP contribution is -2.38. The van der Waals surface area contributed by atoms with Gasteiger partial charge < -0.3 is 24.5 Å². The van der Waals surface area contributed by atoms with E-state index >= 15 is 0 Å². The number of aryl methyl sites for hydroxylation is 1. The summed E-state index contributed by atoms with van der Waals surface area (Å²) in [7, 11) is 4.60. The van der Waals surface area contributed by atoms with Crippen molar-refractivity contribution in [3.8, 4) is 11.5 Å². The number of anilines is 1. The van der Waals surface area contributed by atoms with Crippen molar-refractivity contribution in [3.63, 3.8) is 0 Å². The number of benzene rings is 1. The first kappa shape index (κ1) is 24.4. The Morgan fingerprint density at radius 1 is 1.06 bits per heavy atom. The number of ether oxygens (including phenoxy) is 2. The SMILES string of the molecule is CCCCCCNc1nc2c(c(=O)n(C)c(=O)n2C)n1C[C@@H](O)COc1ccc(OC)cc1. The molecule has 2 heterocycles. The van der Waals surface area contributed by atoms with Crippen LogP contribution in [0.1, 0.15) is 32.6 Å². The van der Waals surface area contributed by atoms with Crippen LogP contribution in [0.3, 0.4) is 0 Å². The van der Waals surface area contributed by atoms with Crippen LogP contribution >= 0.6 is 0 Å². The second-order valence-electron chi connectivity index (χ2n) is 8.05. The highest BCUT2D eigenvalue weighted by molar-refractivity contribution is 5.74. The molecule has 10 heteroatoms. The highest BCUT2D eigenvalue weighted by Gasteiger charge is 2.21. The van der Waals surface area contributed by atoms with Gasteiger partial charge in [0.05, 0.1) is 13.7 Å². The molecule has 10 nitrogen and oxygen atoms in total. The van der Waals surface area contributed by atoms with E-state index in [4.69, 9.17) is 9.47 Å². The number of aliphatic hydroxyl groups excluding tert-OH is 1. The molecule has 1 atom stereocenters.